The Morgan fingerprint density at radius 1 is 1.31 bits per heavy atom. The van der Waals surface area contributed by atoms with E-state index in [-0.39, 0.29) is 35.5 Å². The van der Waals surface area contributed by atoms with Crippen LogP contribution in [-0.2, 0) is 22.2 Å². The molecule has 0 aromatic heterocycles. The van der Waals surface area contributed by atoms with Crippen molar-refractivity contribution >= 4 is 29.4 Å². The number of nitrogen functional groups attached to an aromatic ring is 1. The van der Waals surface area contributed by atoms with Crippen LogP contribution < -0.4 is 11.1 Å². The molecule has 3 N–H and O–H groups in total. The van der Waals surface area contributed by atoms with Gasteiger partial charge in [0.1, 0.15) is 5.60 Å². The minimum atomic E-state index is -4.75. The molecule has 2 rings (SSSR count). The van der Waals surface area contributed by atoms with E-state index in [0.717, 1.165) is 0 Å². The van der Waals surface area contributed by atoms with Crippen LogP contribution in [0.3, 0.4) is 0 Å². The molecule has 32 heavy (non-hydrogen) atoms. The maximum atomic E-state index is 13.8. The zero-order valence-corrected chi connectivity index (χ0v) is 19.3. The molecule has 1 aromatic carbocycles. The Labute approximate surface area is 190 Å². The zero-order valence-electron chi connectivity index (χ0n) is 18.6. The number of nitrogens with one attached hydrogen (secondary N) is 1. The van der Waals surface area contributed by atoms with Gasteiger partial charge in [-0.1, -0.05) is 11.6 Å². The fraction of sp³-hybridized carbons (Fsp3) is 0.619. The van der Waals surface area contributed by atoms with Crippen LogP contribution in [0.25, 0.3) is 0 Å². The minimum Gasteiger partial charge on any atom is -0.462 e. The second kappa shape index (κ2) is 10.2. The molecule has 1 amide bonds. The molecular formula is C21H29ClF3N3O4. The van der Waals surface area contributed by atoms with E-state index in [1.54, 1.807) is 25.7 Å². The number of rotatable bonds is 5. The Kier molecular flexibility index (Phi) is 8.27. The first-order valence-corrected chi connectivity index (χ1v) is 10.7. The first-order chi connectivity index (χ1) is 14.7. The van der Waals surface area contributed by atoms with Crippen molar-refractivity contribution in [3.05, 3.63) is 27.8 Å². The number of alkyl halides is 3. The van der Waals surface area contributed by atoms with Gasteiger partial charge in [-0.2, -0.15) is 13.2 Å². The molecule has 0 bridgehead atoms. The number of hydrogen-bond donors (Lipinski definition) is 2. The van der Waals surface area contributed by atoms with Crippen molar-refractivity contribution in [3.63, 3.8) is 0 Å². The van der Waals surface area contributed by atoms with Gasteiger partial charge in [-0.05, 0) is 58.7 Å². The van der Waals surface area contributed by atoms with Crippen LogP contribution in [0.2, 0.25) is 5.02 Å². The number of amides is 1. The van der Waals surface area contributed by atoms with Gasteiger partial charge in [0.05, 0.1) is 28.4 Å². The molecule has 1 aromatic rings. The quantitative estimate of drug-likeness (QED) is 0.473. The van der Waals surface area contributed by atoms with E-state index >= 15 is 0 Å². The van der Waals surface area contributed by atoms with Crippen LogP contribution in [0.1, 0.15) is 62.0 Å². The molecule has 1 aliphatic rings. The van der Waals surface area contributed by atoms with Crippen molar-refractivity contribution in [2.75, 3.05) is 25.4 Å². The lowest BCUT2D eigenvalue weighted by Crippen LogP contribution is -2.48. The molecule has 1 heterocycles. The molecule has 0 radical (unpaired) electrons. The van der Waals surface area contributed by atoms with E-state index in [1.807, 2.05) is 0 Å². The number of carbonyl (C=O) groups is 2. The van der Waals surface area contributed by atoms with E-state index in [2.05, 4.69) is 5.32 Å². The molecule has 7 nitrogen and oxygen atoms in total. The van der Waals surface area contributed by atoms with Crippen molar-refractivity contribution in [2.24, 2.45) is 0 Å². The number of nitrogens with zero attached hydrogens (tertiary/aromatic N) is 1. The van der Waals surface area contributed by atoms with Crippen LogP contribution in [0.15, 0.2) is 6.07 Å². The number of nitrogens with two attached hydrogens (primary N) is 1. The number of likely N-dealkylation sites (tertiary alicyclic amines) is 1. The Morgan fingerprint density at radius 3 is 2.53 bits per heavy atom. The number of ether oxygens (including phenoxy) is 2. The summed E-state index contributed by atoms with van der Waals surface area (Å²) in [5.74, 6) is -0.969. The molecule has 0 unspecified atom stereocenters. The second-order valence-electron chi connectivity index (χ2n) is 8.62. The third-order valence-corrected chi connectivity index (χ3v) is 5.25. The van der Waals surface area contributed by atoms with Crippen molar-refractivity contribution in [1.29, 1.82) is 0 Å². The summed E-state index contributed by atoms with van der Waals surface area (Å²) in [6, 6.07) is 0.400. The minimum absolute atomic E-state index is 0.0151. The van der Waals surface area contributed by atoms with E-state index in [4.69, 9.17) is 26.8 Å². The average molecular weight is 480 g/mol. The average Bonchev–Trinajstić information content (AvgIpc) is 2.63. The Balaban J connectivity index is 2.26. The van der Waals surface area contributed by atoms with Gasteiger partial charge in [-0.3, -0.25) is 4.90 Å². The standard InChI is InChI=1S/C21H29ClF3N3O4/c1-5-31-18(29)13-9-15(21(23,24)25)14(16(22)17(13)26)11-28-8-6-7-12(10-28)27-19(30)32-20(2,3)4/h9,12H,5-8,10-11,26H2,1-4H3,(H,27,30)/t12-/m1/s1. The van der Waals surface area contributed by atoms with E-state index in [9.17, 15) is 22.8 Å². The third kappa shape index (κ3) is 6.90. The summed E-state index contributed by atoms with van der Waals surface area (Å²) in [5.41, 5.74) is 3.29. The molecule has 0 aliphatic carbocycles. The Bertz CT molecular complexity index is 856. The number of piperidine rings is 1. The van der Waals surface area contributed by atoms with Crippen molar-refractivity contribution in [3.8, 4) is 0 Å². The van der Waals surface area contributed by atoms with Gasteiger partial charge in [0.2, 0.25) is 0 Å². The molecule has 1 saturated heterocycles. The van der Waals surface area contributed by atoms with E-state index in [1.165, 1.54) is 6.92 Å². The second-order valence-corrected chi connectivity index (χ2v) is 8.99. The molecule has 0 saturated carbocycles. The highest BCUT2D eigenvalue weighted by molar-refractivity contribution is 6.34. The fourth-order valence-corrected chi connectivity index (χ4v) is 3.77. The lowest BCUT2D eigenvalue weighted by molar-refractivity contribution is -0.138. The lowest BCUT2D eigenvalue weighted by atomic mass is 9.99. The highest BCUT2D eigenvalue weighted by Crippen LogP contribution is 2.40. The molecule has 0 spiro atoms. The lowest BCUT2D eigenvalue weighted by Gasteiger charge is -2.34. The number of carbonyl (C=O) groups excluding carboxylic acids is 2. The third-order valence-electron chi connectivity index (χ3n) is 4.81. The van der Waals surface area contributed by atoms with Gasteiger partial charge in [0.25, 0.3) is 0 Å². The number of halogens is 4. The summed E-state index contributed by atoms with van der Waals surface area (Å²) in [6.45, 7) is 7.42. The molecule has 1 fully saturated rings. The molecule has 1 atom stereocenters. The number of benzene rings is 1. The first-order valence-electron chi connectivity index (χ1n) is 10.3. The van der Waals surface area contributed by atoms with Gasteiger partial charge in [0.15, 0.2) is 0 Å². The predicted molar refractivity (Wildman–Crippen MR) is 114 cm³/mol. The van der Waals surface area contributed by atoms with Gasteiger partial charge < -0.3 is 20.5 Å². The van der Waals surface area contributed by atoms with Crippen LogP contribution in [0.5, 0.6) is 0 Å². The maximum Gasteiger partial charge on any atom is 0.416 e. The van der Waals surface area contributed by atoms with Crippen LogP contribution >= 0.6 is 11.6 Å². The summed E-state index contributed by atoms with van der Waals surface area (Å²) in [7, 11) is 0. The number of hydrogen-bond acceptors (Lipinski definition) is 6. The zero-order chi connectivity index (χ0) is 24.3. The van der Waals surface area contributed by atoms with Gasteiger partial charge >= 0.3 is 18.2 Å². The SMILES string of the molecule is CCOC(=O)c1cc(C(F)(F)F)c(CN2CCC[C@@H](NC(=O)OC(C)(C)C)C2)c(Cl)c1N. The largest absolute Gasteiger partial charge is 0.462 e. The highest BCUT2D eigenvalue weighted by atomic mass is 35.5. The van der Waals surface area contributed by atoms with Crippen LogP contribution in [0, 0.1) is 0 Å². The van der Waals surface area contributed by atoms with Crippen LogP contribution in [-0.4, -0.2) is 48.3 Å². The summed E-state index contributed by atoms with van der Waals surface area (Å²) in [5, 5.41) is 2.43. The fourth-order valence-electron chi connectivity index (χ4n) is 3.51. The molecular weight excluding hydrogens is 451 g/mol. The molecule has 180 valence electrons. The van der Waals surface area contributed by atoms with Crippen LogP contribution in [0.4, 0.5) is 23.7 Å². The predicted octanol–water partition coefficient (Wildman–Crippen LogP) is 4.61. The van der Waals surface area contributed by atoms with E-state index in [0.29, 0.717) is 32.0 Å². The maximum absolute atomic E-state index is 13.8. The topological polar surface area (TPSA) is 93.9 Å². The van der Waals surface area contributed by atoms with Crippen molar-refractivity contribution in [1.82, 2.24) is 10.2 Å². The first kappa shape index (κ1) is 26.1. The summed E-state index contributed by atoms with van der Waals surface area (Å²) < 4.78 is 51.5. The smallest absolute Gasteiger partial charge is 0.416 e. The van der Waals surface area contributed by atoms with Crippen molar-refractivity contribution in [2.45, 2.75) is 64.9 Å². The molecule has 11 heteroatoms. The van der Waals surface area contributed by atoms with Gasteiger partial charge in [-0.25, -0.2) is 9.59 Å². The molecule has 1 aliphatic heterocycles. The summed E-state index contributed by atoms with van der Waals surface area (Å²) in [6.07, 6.45) is -4.01. The van der Waals surface area contributed by atoms with Gasteiger partial charge in [-0.15, -0.1) is 0 Å². The normalized spacial score (nSPS) is 17.7. The number of esters is 1. The van der Waals surface area contributed by atoms with Crippen molar-refractivity contribution < 1.29 is 32.2 Å². The Hall–Kier alpha value is -2.20. The van der Waals surface area contributed by atoms with Gasteiger partial charge in [0, 0.05) is 19.1 Å². The monoisotopic (exact) mass is 479 g/mol. The van der Waals surface area contributed by atoms with E-state index < -0.39 is 35.0 Å². The highest BCUT2D eigenvalue weighted by Gasteiger charge is 2.38. The number of anilines is 1. The number of alkyl carbamates (subject to hydrolysis) is 1. The summed E-state index contributed by atoms with van der Waals surface area (Å²) in [4.78, 5) is 25.9. The Morgan fingerprint density at radius 2 is 1.97 bits per heavy atom. The summed E-state index contributed by atoms with van der Waals surface area (Å²) >= 11 is 6.22.